The highest BCUT2D eigenvalue weighted by Crippen LogP contribution is 2.24. The third kappa shape index (κ3) is 10.8. The molecule has 0 radical (unpaired) electrons. The second kappa shape index (κ2) is 15.9. The number of aromatic carboxylic acids is 2. The van der Waals surface area contributed by atoms with E-state index in [0.29, 0.717) is 6.42 Å². The first-order chi connectivity index (χ1) is 14.9. The van der Waals surface area contributed by atoms with Crippen molar-refractivity contribution in [2.75, 3.05) is 0 Å². The third-order valence-electron chi connectivity index (χ3n) is 6.08. The van der Waals surface area contributed by atoms with Crippen molar-refractivity contribution in [3.8, 4) is 0 Å². The van der Waals surface area contributed by atoms with Gasteiger partial charge in [-0.1, -0.05) is 104 Å². The Hall–Kier alpha value is -1.84. The van der Waals surface area contributed by atoms with Gasteiger partial charge in [-0.2, -0.15) is 0 Å². The molecule has 0 aromatic heterocycles. The number of carboxylic acids is 2. The quantitative estimate of drug-likeness (QED) is 0.231. The molecule has 176 valence electrons. The average Bonchev–Trinajstić information content (AvgIpc) is 2.71. The first-order valence-corrected chi connectivity index (χ1v) is 12.5. The van der Waals surface area contributed by atoms with Crippen LogP contribution in [-0.2, 0) is 12.8 Å². The summed E-state index contributed by atoms with van der Waals surface area (Å²) < 4.78 is 0. The first-order valence-electron chi connectivity index (χ1n) is 12.5. The predicted molar refractivity (Wildman–Crippen MR) is 128 cm³/mol. The van der Waals surface area contributed by atoms with Gasteiger partial charge in [0.05, 0.1) is 11.1 Å². The molecule has 0 fully saturated rings. The molecule has 0 saturated heterocycles. The summed E-state index contributed by atoms with van der Waals surface area (Å²) in [6.45, 7) is 6.64. The zero-order valence-corrected chi connectivity index (χ0v) is 20.0. The highest BCUT2D eigenvalue weighted by atomic mass is 16.4. The Kier molecular flexibility index (Phi) is 13.9. The molecule has 1 aromatic carbocycles. The van der Waals surface area contributed by atoms with E-state index in [1.54, 1.807) is 6.07 Å². The van der Waals surface area contributed by atoms with Crippen LogP contribution >= 0.6 is 0 Å². The van der Waals surface area contributed by atoms with Gasteiger partial charge in [-0.15, -0.1) is 0 Å². The number of benzene rings is 1. The van der Waals surface area contributed by atoms with Crippen LogP contribution in [0.25, 0.3) is 0 Å². The molecular formula is C27H44O4. The standard InChI is InChI=1S/C27H44O4/c1-4-16-22-19-20-24(26(28)29)25(27(30)31)23(22)18-15-13-11-9-7-5-6-8-10-12-14-17-21(2)3/h19-21H,4-18H2,1-3H3,(H,28,29)(H,30,31). The minimum atomic E-state index is -1.17. The number of carbonyl (C=O) groups is 2. The van der Waals surface area contributed by atoms with Crippen LogP contribution in [0.15, 0.2) is 12.1 Å². The lowest BCUT2D eigenvalue weighted by Crippen LogP contribution is -2.14. The van der Waals surface area contributed by atoms with Gasteiger partial charge in [0.2, 0.25) is 0 Å². The van der Waals surface area contributed by atoms with Crippen molar-refractivity contribution in [2.45, 2.75) is 117 Å². The summed E-state index contributed by atoms with van der Waals surface area (Å²) in [6, 6.07) is 3.25. The van der Waals surface area contributed by atoms with E-state index in [1.807, 2.05) is 0 Å². The van der Waals surface area contributed by atoms with Gasteiger partial charge >= 0.3 is 11.9 Å². The van der Waals surface area contributed by atoms with Crippen LogP contribution in [0.3, 0.4) is 0 Å². The molecule has 4 heteroatoms. The lowest BCUT2D eigenvalue weighted by Gasteiger charge is -2.15. The summed E-state index contributed by atoms with van der Waals surface area (Å²) in [4.78, 5) is 23.3. The Morgan fingerprint density at radius 3 is 1.71 bits per heavy atom. The molecule has 2 N–H and O–H groups in total. The van der Waals surface area contributed by atoms with Crippen molar-refractivity contribution >= 4 is 11.9 Å². The van der Waals surface area contributed by atoms with Crippen LogP contribution in [0.2, 0.25) is 0 Å². The van der Waals surface area contributed by atoms with Crippen molar-refractivity contribution in [3.05, 3.63) is 34.4 Å². The fraction of sp³-hybridized carbons (Fsp3) is 0.704. The van der Waals surface area contributed by atoms with Crippen LogP contribution in [0.4, 0.5) is 0 Å². The summed E-state index contributed by atoms with van der Waals surface area (Å²) in [5, 5.41) is 19.0. The third-order valence-corrected chi connectivity index (χ3v) is 6.08. The summed E-state index contributed by atoms with van der Waals surface area (Å²) in [5.41, 5.74) is 1.61. The fourth-order valence-electron chi connectivity index (χ4n) is 4.35. The van der Waals surface area contributed by atoms with Crippen LogP contribution < -0.4 is 0 Å². The molecule has 0 spiro atoms. The molecule has 0 aliphatic carbocycles. The number of rotatable bonds is 18. The van der Waals surface area contributed by atoms with Crippen LogP contribution in [0, 0.1) is 5.92 Å². The zero-order valence-electron chi connectivity index (χ0n) is 20.0. The van der Waals surface area contributed by atoms with E-state index in [0.717, 1.165) is 42.7 Å². The minimum absolute atomic E-state index is 0.00755. The molecule has 0 unspecified atom stereocenters. The molecule has 4 nitrogen and oxygen atoms in total. The Morgan fingerprint density at radius 2 is 1.26 bits per heavy atom. The van der Waals surface area contributed by atoms with Gasteiger partial charge in [-0.05, 0) is 42.4 Å². The molecule has 0 aliphatic rings. The van der Waals surface area contributed by atoms with E-state index in [9.17, 15) is 19.8 Å². The predicted octanol–water partition coefficient (Wildman–Crippen LogP) is 7.92. The molecule has 1 rings (SSSR count). The van der Waals surface area contributed by atoms with Crippen molar-refractivity contribution in [2.24, 2.45) is 5.92 Å². The first kappa shape index (κ1) is 27.2. The monoisotopic (exact) mass is 432 g/mol. The molecule has 0 heterocycles. The van der Waals surface area contributed by atoms with E-state index in [-0.39, 0.29) is 11.1 Å². The van der Waals surface area contributed by atoms with E-state index in [1.165, 1.54) is 70.3 Å². The minimum Gasteiger partial charge on any atom is -0.478 e. The van der Waals surface area contributed by atoms with Crippen molar-refractivity contribution in [1.82, 2.24) is 0 Å². The molecule has 0 amide bonds. The van der Waals surface area contributed by atoms with Gasteiger partial charge in [-0.25, -0.2) is 9.59 Å². The van der Waals surface area contributed by atoms with E-state index in [2.05, 4.69) is 20.8 Å². The second-order valence-electron chi connectivity index (χ2n) is 9.31. The number of carboxylic acid groups (broad SMARTS) is 2. The van der Waals surface area contributed by atoms with E-state index in [4.69, 9.17) is 0 Å². The summed E-state index contributed by atoms with van der Waals surface area (Å²) in [6.07, 6.45) is 17.5. The summed E-state index contributed by atoms with van der Waals surface area (Å²) in [5.74, 6) is -1.47. The van der Waals surface area contributed by atoms with Gasteiger partial charge in [0, 0.05) is 0 Å². The Bertz CT molecular complexity index is 663. The van der Waals surface area contributed by atoms with Crippen LogP contribution in [0.1, 0.15) is 136 Å². The van der Waals surface area contributed by atoms with E-state index < -0.39 is 11.9 Å². The van der Waals surface area contributed by atoms with Crippen molar-refractivity contribution in [1.29, 1.82) is 0 Å². The highest BCUT2D eigenvalue weighted by molar-refractivity contribution is 6.03. The lowest BCUT2D eigenvalue weighted by atomic mass is 9.90. The lowest BCUT2D eigenvalue weighted by molar-refractivity contribution is 0.0650. The average molecular weight is 433 g/mol. The fourth-order valence-corrected chi connectivity index (χ4v) is 4.35. The number of hydrogen-bond acceptors (Lipinski definition) is 2. The van der Waals surface area contributed by atoms with E-state index >= 15 is 0 Å². The van der Waals surface area contributed by atoms with Crippen molar-refractivity contribution < 1.29 is 19.8 Å². The molecule has 0 atom stereocenters. The molecule has 31 heavy (non-hydrogen) atoms. The smallest absolute Gasteiger partial charge is 0.336 e. The number of unbranched alkanes of at least 4 members (excludes halogenated alkanes) is 10. The maximum Gasteiger partial charge on any atom is 0.336 e. The SMILES string of the molecule is CCCc1ccc(C(=O)O)c(C(=O)O)c1CCCCCCCCCCCCCC(C)C. The molecule has 0 aliphatic heterocycles. The molecular weight excluding hydrogens is 388 g/mol. The maximum absolute atomic E-state index is 11.8. The normalized spacial score (nSPS) is 11.2. The Morgan fingerprint density at radius 1 is 0.742 bits per heavy atom. The van der Waals surface area contributed by atoms with Crippen LogP contribution in [-0.4, -0.2) is 22.2 Å². The van der Waals surface area contributed by atoms with Gasteiger partial charge in [-0.3, -0.25) is 0 Å². The van der Waals surface area contributed by atoms with Gasteiger partial charge in [0.1, 0.15) is 0 Å². The second-order valence-corrected chi connectivity index (χ2v) is 9.31. The van der Waals surface area contributed by atoms with Crippen molar-refractivity contribution in [3.63, 3.8) is 0 Å². The number of aryl methyl sites for hydroxylation is 1. The van der Waals surface area contributed by atoms with Gasteiger partial charge in [0.25, 0.3) is 0 Å². The van der Waals surface area contributed by atoms with Crippen LogP contribution in [0.5, 0.6) is 0 Å². The Balaban J connectivity index is 2.33. The summed E-state index contributed by atoms with van der Waals surface area (Å²) in [7, 11) is 0. The zero-order chi connectivity index (χ0) is 23.1. The maximum atomic E-state index is 11.8. The Labute approximate surface area is 189 Å². The molecule has 1 aromatic rings. The van der Waals surface area contributed by atoms with Gasteiger partial charge in [0.15, 0.2) is 0 Å². The molecule has 0 saturated carbocycles. The summed E-state index contributed by atoms with van der Waals surface area (Å²) >= 11 is 0. The number of hydrogen-bond donors (Lipinski definition) is 2. The molecule has 0 bridgehead atoms. The topological polar surface area (TPSA) is 74.6 Å². The highest BCUT2D eigenvalue weighted by Gasteiger charge is 2.22. The van der Waals surface area contributed by atoms with Gasteiger partial charge < -0.3 is 10.2 Å². The largest absolute Gasteiger partial charge is 0.478 e.